The molecule has 0 bridgehead atoms. The number of aryl methyl sites for hydroxylation is 1. The number of amides is 2. The first kappa shape index (κ1) is 25.6. The summed E-state index contributed by atoms with van der Waals surface area (Å²) in [6, 6.07) is 24.4. The van der Waals surface area contributed by atoms with Crippen molar-refractivity contribution in [2.45, 2.75) is 38.4 Å². The number of nitriles is 1. The van der Waals surface area contributed by atoms with Gasteiger partial charge in [0.15, 0.2) is 0 Å². The normalized spacial score (nSPS) is 16.7. The topological polar surface area (TPSA) is 73.2 Å². The minimum Gasteiger partial charge on any atom is -0.321 e. The predicted octanol–water partition coefficient (Wildman–Crippen LogP) is 6.84. The number of carbonyl (C=O) groups is 2. The molecule has 1 saturated heterocycles. The van der Waals surface area contributed by atoms with Gasteiger partial charge in [-0.2, -0.15) is 5.26 Å². The van der Waals surface area contributed by atoms with Crippen LogP contribution in [0.3, 0.4) is 0 Å². The summed E-state index contributed by atoms with van der Waals surface area (Å²) in [6.07, 6.45) is 0.423. The third-order valence-electron chi connectivity index (χ3n) is 5.94. The number of nitrogens with zero attached hydrogens (tertiary/aromatic N) is 2. The zero-order valence-electron chi connectivity index (χ0n) is 20.3. The minimum atomic E-state index is -0.552. The maximum Gasteiger partial charge on any atom is 0.269 e. The molecule has 182 valence electrons. The van der Waals surface area contributed by atoms with Crippen molar-refractivity contribution < 1.29 is 9.59 Å². The highest BCUT2D eigenvalue weighted by molar-refractivity contribution is 8.05. The first-order valence-corrected chi connectivity index (χ1v) is 12.9. The van der Waals surface area contributed by atoms with Crippen molar-refractivity contribution in [1.82, 2.24) is 0 Å². The molecule has 1 aliphatic rings. The number of rotatable bonds is 6. The molecule has 1 heterocycles. The summed E-state index contributed by atoms with van der Waals surface area (Å²) in [5, 5.41) is 13.2. The Labute approximate surface area is 220 Å². The van der Waals surface area contributed by atoms with Crippen molar-refractivity contribution in [3.63, 3.8) is 0 Å². The average Bonchev–Trinajstić information content (AvgIpc) is 3.16. The van der Waals surface area contributed by atoms with Crippen LogP contribution >= 0.6 is 23.4 Å². The Hall–Kier alpha value is -3.53. The molecule has 0 aliphatic carbocycles. The van der Waals surface area contributed by atoms with Crippen LogP contribution in [0.25, 0.3) is 0 Å². The van der Waals surface area contributed by atoms with Gasteiger partial charge in [0.2, 0.25) is 5.91 Å². The van der Waals surface area contributed by atoms with Gasteiger partial charge in [0, 0.05) is 16.4 Å². The molecule has 2 amide bonds. The van der Waals surface area contributed by atoms with E-state index in [1.807, 2.05) is 61.5 Å². The molecule has 0 saturated carbocycles. The second-order valence-electron chi connectivity index (χ2n) is 8.97. The molecule has 7 heteroatoms. The summed E-state index contributed by atoms with van der Waals surface area (Å²) in [7, 11) is 0. The number of benzene rings is 3. The fourth-order valence-corrected chi connectivity index (χ4v) is 5.46. The lowest BCUT2D eigenvalue weighted by atomic mass is 10.0. The van der Waals surface area contributed by atoms with Crippen LogP contribution in [-0.4, -0.2) is 17.1 Å². The van der Waals surface area contributed by atoms with E-state index in [0.29, 0.717) is 33.8 Å². The van der Waals surface area contributed by atoms with E-state index in [9.17, 15) is 14.9 Å². The third kappa shape index (κ3) is 5.64. The highest BCUT2D eigenvalue weighted by Crippen LogP contribution is 2.42. The molecule has 3 aromatic rings. The Morgan fingerprint density at radius 3 is 2.42 bits per heavy atom. The van der Waals surface area contributed by atoms with Crippen LogP contribution in [0, 0.1) is 18.3 Å². The highest BCUT2D eigenvalue weighted by atomic mass is 35.5. The van der Waals surface area contributed by atoms with E-state index in [0.717, 1.165) is 16.7 Å². The van der Waals surface area contributed by atoms with E-state index >= 15 is 0 Å². The zero-order chi connectivity index (χ0) is 25.8. The fourth-order valence-electron chi connectivity index (χ4n) is 3.94. The number of carbonyl (C=O) groups excluding carboxylic acids is 2. The van der Waals surface area contributed by atoms with E-state index in [1.165, 1.54) is 16.7 Å². The summed E-state index contributed by atoms with van der Waals surface area (Å²) < 4.78 is 0. The van der Waals surface area contributed by atoms with Gasteiger partial charge in [-0.05, 0) is 66.8 Å². The van der Waals surface area contributed by atoms with Gasteiger partial charge in [-0.1, -0.05) is 79.2 Å². The molecule has 3 aromatic carbocycles. The van der Waals surface area contributed by atoms with Gasteiger partial charge in [-0.15, -0.1) is 0 Å². The molecule has 1 unspecified atom stereocenters. The first-order chi connectivity index (χ1) is 17.3. The van der Waals surface area contributed by atoms with E-state index in [1.54, 1.807) is 18.2 Å². The van der Waals surface area contributed by atoms with E-state index in [2.05, 4.69) is 25.2 Å². The molecule has 0 spiro atoms. The van der Waals surface area contributed by atoms with Crippen molar-refractivity contribution in [3.8, 4) is 6.07 Å². The molecular weight excluding hydrogens is 490 g/mol. The van der Waals surface area contributed by atoms with E-state index < -0.39 is 11.2 Å². The maximum absolute atomic E-state index is 13.7. The Balaban J connectivity index is 1.73. The maximum atomic E-state index is 13.7. The highest BCUT2D eigenvalue weighted by Gasteiger charge is 2.40. The van der Waals surface area contributed by atoms with Crippen LogP contribution < -0.4 is 10.2 Å². The van der Waals surface area contributed by atoms with Gasteiger partial charge in [0.05, 0.1) is 5.25 Å². The first-order valence-electron chi connectivity index (χ1n) is 11.6. The van der Waals surface area contributed by atoms with Crippen LogP contribution in [0.1, 0.15) is 36.5 Å². The monoisotopic (exact) mass is 515 g/mol. The molecular formula is C29H26ClN3O2S. The van der Waals surface area contributed by atoms with Crippen molar-refractivity contribution >= 4 is 46.6 Å². The second kappa shape index (κ2) is 11.0. The summed E-state index contributed by atoms with van der Waals surface area (Å²) in [4.78, 5) is 28.3. The number of hydrogen-bond acceptors (Lipinski definition) is 4. The predicted molar refractivity (Wildman–Crippen MR) is 147 cm³/mol. The lowest BCUT2D eigenvalue weighted by molar-refractivity contribution is -0.117. The van der Waals surface area contributed by atoms with Gasteiger partial charge < -0.3 is 5.32 Å². The molecule has 1 atom stereocenters. The molecule has 36 heavy (non-hydrogen) atoms. The van der Waals surface area contributed by atoms with Crippen molar-refractivity contribution in [1.29, 1.82) is 5.26 Å². The lowest BCUT2D eigenvalue weighted by Gasteiger charge is -2.19. The van der Waals surface area contributed by atoms with Crippen LogP contribution in [0.4, 0.5) is 11.4 Å². The van der Waals surface area contributed by atoms with Crippen LogP contribution in [0.2, 0.25) is 5.02 Å². The summed E-state index contributed by atoms with van der Waals surface area (Å²) in [5.74, 6) is -0.393. The van der Waals surface area contributed by atoms with Crippen LogP contribution in [-0.2, 0) is 16.0 Å². The zero-order valence-corrected chi connectivity index (χ0v) is 21.9. The minimum absolute atomic E-state index is 0.101. The average molecular weight is 516 g/mol. The molecule has 0 radical (unpaired) electrons. The van der Waals surface area contributed by atoms with Gasteiger partial charge in [0.25, 0.3) is 5.91 Å². The molecule has 4 rings (SSSR count). The Morgan fingerprint density at radius 2 is 1.81 bits per heavy atom. The summed E-state index contributed by atoms with van der Waals surface area (Å²) in [5.41, 5.74) is 4.20. The van der Waals surface area contributed by atoms with Gasteiger partial charge >= 0.3 is 0 Å². The van der Waals surface area contributed by atoms with Crippen LogP contribution in [0.15, 0.2) is 83.4 Å². The van der Waals surface area contributed by atoms with Crippen molar-refractivity contribution in [2.24, 2.45) is 0 Å². The van der Waals surface area contributed by atoms with Gasteiger partial charge in [-0.3, -0.25) is 14.5 Å². The number of thioether (sulfide) groups is 1. The van der Waals surface area contributed by atoms with Gasteiger partial charge in [-0.25, -0.2) is 0 Å². The SMILES string of the molecule is Cc1ccc(NC(=O)/C(C#N)=C2\SC(Cc3cccc(Cl)c3)C(=O)N2c2ccc(C(C)C)cc2)cc1. The van der Waals surface area contributed by atoms with Crippen molar-refractivity contribution in [3.05, 3.63) is 105 Å². The number of anilines is 2. The fraction of sp³-hybridized carbons (Fsp3) is 0.207. The van der Waals surface area contributed by atoms with Crippen LogP contribution in [0.5, 0.6) is 0 Å². The molecule has 5 nitrogen and oxygen atoms in total. The third-order valence-corrected chi connectivity index (χ3v) is 7.44. The second-order valence-corrected chi connectivity index (χ2v) is 10.6. The Bertz CT molecular complexity index is 1360. The van der Waals surface area contributed by atoms with E-state index in [-0.39, 0.29) is 11.5 Å². The summed E-state index contributed by atoms with van der Waals surface area (Å²) >= 11 is 7.39. The largest absolute Gasteiger partial charge is 0.321 e. The lowest BCUT2D eigenvalue weighted by Crippen LogP contribution is -2.31. The Kier molecular flexibility index (Phi) is 7.83. The molecule has 1 N–H and O–H groups in total. The van der Waals surface area contributed by atoms with Crippen molar-refractivity contribution in [2.75, 3.05) is 10.2 Å². The quantitative estimate of drug-likeness (QED) is 0.288. The van der Waals surface area contributed by atoms with Gasteiger partial charge in [0.1, 0.15) is 16.7 Å². The molecule has 1 fully saturated rings. The molecule has 1 aliphatic heterocycles. The summed E-state index contributed by atoms with van der Waals surface area (Å²) in [6.45, 7) is 6.15. The standard InChI is InChI=1S/C29H26ClN3O2S/c1-18(2)21-9-13-24(14-10-21)33-28(35)26(16-20-5-4-6-22(30)15-20)36-29(33)25(17-31)27(34)32-23-11-7-19(3)8-12-23/h4-15,18,26H,16H2,1-3H3,(H,32,34)/b29-25-. The molecule has 0 aromatic heterocycles. The smallest absolute Gasteiger partial charge is 0.269 e. The number of nitrogens with one attached hydrogen (secondary N) is 1. The van der Waals surface area contributed by atoms with E-state index in [4.69, 9.17) is 11.6 Å². The Morgan fingerprint density at radius 1 is 1.11 bits per heavy atom. The number of halogens is 1. The number of hydrogen-bond donors (Lipinski definition) is 1.